The van der Waals surface area contributed by atoms with Gasteiger partial charge in [0.25, 0.3) is 0 Å². The summed E-state index contributed by atoms with van der Waals surface area (Å²) in [7, 11) is 2.67. The van der Waals surface area contributed by atoms with Gasteiger partial charge in [-0.1, -0.05) is 0 Å². The van der Waals surface area contributed by atoms with Gasteiger partial charge in [0.1, 0.15) is 0 Å². The predicted molar refractivity (Wildman–Crippen MR) is 53.2 cm³/mol. The van der Waals surface area contributed by atoms with Gasteiger partial charge in [0.05, 0.1) is 19.3 Å². The lowest BCUT2D eigenvalue weighted by Crippen LogP contribution is -2.13. The number of hydrogen-bond donors (Lipinski definition) is 1. The van der Waals surface area contributed by atoms with Crippen LogP contribution in [0.25, 0.3) is 0 Å². The van der Waals surface area contributed by atoms with Crippen molar-refractivity contribution in [2.75, 3.05) is 14.2 Å². The molecule has 1 heterocycles. The van der Waals surface area contributed by atoms with Gasteiger partial charge >= 0.3 is 11.9 Å². The number of hydrogen-bond acceptors (Lipinski definition) is 5. The monoisotopic (exact) mass is 225 g/mol. The fraction of sp³-hybridized carbons (Fsp3) is 0.300. The van der Waals surface area contributed by atoms with E-state index in [2.05, 4.69) is 9.72 Å². The summed E-state index contributed by atoms with van der Waals surface area (Å²) in [6, 6.07) is 1.39. The van der Waals surface area contributed by atoms with Gasteiger partial charge < -0.3 is 14.6 Å². The Bertz CT molecular complexity index is 416. The quantitative estimate of drug-likeness (QED) is 0.759. The highest BCUT2D eigenvalue weighted by atomic mass is 16.5. The number of carboxylic acids is 1. The summed E-state index contributed by atoms with van der Waals surface area (Å²) >= 11 is 0. The van der Waals surface area contributed by atoms with E-state index >= 15 is 0 Å². The molecule has 0 spiro atoms. The number of carbonyl (C=O) groups excluding carboxylic acids is 1. The first-order valence-electron chi connectivity index (χ1n) is 4.39. The van der Waals surface area contributed by atoms with Crippen molar-refractivity contribution < 1.29 is 24.2 Å². The summed E-state index contributed by atoms with van der Waals surface area (Å²) in [4.78, 5) is 25.8. The fourth-order valence-electron chi connectivity index (χ4n) is 1.19. The molecule has 86 valence electrons. The van der Waals surface area contributed by atoms with Crippen molar-refractivity contribution in [3.63, 3.8) is 0 Å². The number of methoxy groups -OCH3 is 2. The largest absolute Gasteiger partial charge is 0.476 e. The second kappa shape index (κ2) is 5.22. The number of esters is 1. The zero-order valence-electron chi connectivity index (χ0n) is 8.89. The second-order valence-electron chi connectivity index (χ2n) is 2.97. The first-order chi connectivity index (χ1) is 7.60. The topological polar surface area (TPSA) is 85.7 Å². The van der Waals surface area contributed by atoms with Crippen LogP contribution in [0.2, 0.25) is 0 Å². The Kier molecular flexibility index (Phi) is 3.96. The molecule has 6 heteroatoms. The van der Waals surface area contributed by atoms with Gasteiger partial charge in [0.15, 0.2) is 5.69 Å². The Balaban J connectivity index is 3.21. The van der Waals surface area contributed by atoms with Crippen molar-refractivity contribution in [2.24, 2.45) is 0 Å². The lowest BCUT2D eigenvalue weighted by molar-refractivity contribution is 0.0579. The maximum atomic E-state index is 11.3. The van der Waals surface area contributed by atoms with E-state index in [-0.39, 0.29) is 17.9 Å². The molecule has 0 unspecified atom stereocenters. The molecule has 0 saturated carbocycles. The minimum Gasteiger partial charge on any atom is -0.476 e. The average Bonchev–Trinajstić information content (AvgIpc) is 2.28. The maximum Gasteiger partial charge on any atom is 0.355 e. The molecule has 1 N–H and O–H groups in total. The van der Waals surface area contributed by atoms with Crippen LogP contribution >= 0.6 is 0 Å². The van der Waals surface area contributed by atoms with Crippen molar-refractivity contribution in [1.29, 1.82) is 0 Å². The Morgan fingerprint density at radius 3 is 2.62 bits per heavy atom. The lowest BCUT2D eigenvalue weighted by atomic mass is 10.1. The van der Waals surface area contributed by atoms with Gasteiger partial charge in [-0.05, 0) is 11.6 Å². The number of aromatic carboxylic acids is 1. The predicted octanol–water partition coefficient (Wildman–Crippen LogP) is 0.713. The van der Waals surface area contributed by atoms with Gasteiger partial charge in [0, 0.05) is 13.3 Å². The molecule has 0 radical (unpaired) electrons. The third-order valence-electron chi connectivity index (χ3n) is 1.86. The summed E-state index contributed by atoms with van der Waals surface area (Å²) < 4.78 is 9.33. The zero-order chi connectivity index (χ0) is 12.1. The van der Waals surface area contributed by atoms with Crippen LogP contribution in [-0.4, -0.2) is 36.2 Å². The minimum absolute atomic E-state index is 0.0791. The summed E-state index contributed by atoms with van der Waals surface area (Å²) in [5, 5.41) is 8.83. The minimum atomic E-state index is -1.27. The smallest absolute Gasteiger partial charge is 0.355 e. The molecule has 0 fully saturated rings. The average molecular weight is 225 g/mol. The summed E-state index contributed by atoms with van der Waals surface area (Å²) in [5.74, 6) is -2.01. The molecular weight excluding hydrogens is 214 g/mol. The summed E-state index contributed by atoms with van der Waals surface area (Å²) in [5.41, 5.74) is 0.198. The molecule has 0 aromatic carbocycles. The third kappa shape index (κ3) is 2.54. The highest BCUT2D eigenvalue weighted by Gasteiger charge is 2.19. The van der Waals surface area contributed by atoms with Gasteiger partial charge in [-0.3, -0.25) is 0 Å². The molecule has 1 aromatic heterocycles. The molecule has 1 aromatic rings. The normalized spacial score (nSPS) is 9.88. The fourth-order valence-corrected chi connectivity index (χ4v) is 1.19. The SMILES string of the molecule is COCc1cnc(C(=O)O)c(C(=O)OC)c1. The molecule has 0 saturated heterocycles. The number of carboxylic acid groups (broad SMARTS) is 1. The van der Waals surface area contributed by atoms with Crippen LogP contribution in [0.5, 0.6) is 0 Å². The molecule has 0 amide bonds. The Hall–Kier alpha value is -1.95. The number of ether oxygens (including phenoxy) is 2. The van der Waals surface area contributed by atoms with Crippen LogP contribution in [0, 0.1) is 0 Å². The van der Waals surface area contributed by atoms with Crippen molar-refractivity contribution in [1.82, 2.24) is 4.98 Å². The van der Waals surface area contributed by atoms with Crippen LogP contribution in [-0.2, 0) is 16.1 Å². The molecule has 1 rings (SSSR count). The number of rotatable bonds is 4. The first kappa shape index (κ1) is 12.1. The second-order valence-corrected chi connectivity index (χ2v) is 2.97. The van der Waals surface area contributed by atoms with Crippen molar-refractivity contribution in [2.45, 2.75) is 6.61 Å². The Morgan fingerprint density at radius 1 is 1.44 bits per heavy atom. The van der Waals surface area contributed by atoms with E-state index in [1.807, 2.05) is 0 Å². The molecule has 0 atom stereocenters. The number of carbonyl (C=O) groups is 2. The molecule has 0 bridgehead atoms. The molecule has 6 nitrogen and oxygen atoms in total. The van der Waals surface area contributed by atoms with E-state index in [1.165, 1.54) is 26.5 Å². The Labute approximate surface area is 91.8 Å². The molecule has 16 heavy (non-hydrogen) atoms. The number of aromatic nitrogens is 1. The van der Waals surface area contributed by atoms with E-state index in [9.17, 15) is 9.59 Å². The first-order valence-corrected chi connectivity index (χ1v) is 4.39. The highest BCUT2D eigenvalue weighted by molar-refractivity contribution is 6.01. The molecule has 0 aliphatic heterocycles. The van der Waals surface area contributed by atoms with Gasteiger partial charge in [-0.25, -0.2) is 14.6 Å². The van der Waals surface area contributed by atoms with E-state index in [0.717, 1.165) is 0 Å². The van der Waals surface area contributed by atoms with Gasteiger partial charge in [-0.15, -0.1) is 0 Å². The third-order valence-corrected chi connectivity index (χ3v) is 1.86. The summed E-state index contributed by atoms with van der Waals surface area (Å²) in [6.07, 6.45) is 1.35. The van der Waals surface area contributed by atoms with Gasteiger partial charge in [0.2, 0.25) is 0 Å². The van der Waals surface area contributed by atoms with E-state index in [4.69, 9.17) is 9.84 Å². The van der Waals surface area contributed by atoms with E-state index in [0.29, 0.717) is 5.56 Å². The van der Waals surface area contributed by atoms with Crippen LogP contribution in [0.15, 0.2) is 12.3 Å². The molecule has 0 aliphatic carbocycles. The van der Waals surface area contributed by atoms with E-state index in [1.54, 1.807) is 0 Å². The molecular formula is C10H11NO5. The van der Waals surface area contributed by atoms with Crippen molar-refractivity contribution in [3.05, 3.63) is 29.1 Å². The number of pyridine rings is 1. The van der Waals surface area contributed by atoms with Crippen LogP contribution in [0.4, 0.5) is 0 Å². The number of nitrogens with zero attached hydrogens (tertiary/aromatic N) is 1. The van der Waals surface area contributed by atoms with Crippen molar-refractivity contribution in [3.8, 4) is 0 Å². The van der Waals surface area contributed by atoms with Crippen LogP contribution < -0.4 is 0 Å². The van der Waals surface area contributed by atoms with Crippen molar-refractivity contribution >= 4 is 11.9 Å². The van der Waals surface area contributed by atoms with E-state index < -0.39 is 11.9 Å². The standard InChI is InChI=1S/C10H11NO5/c1-15-5-6-3-7(10(14)16-2)8(9(12)13)11-4-6/h3-4H,5H2,1-2H3,(H,12,13). The highest BCUT2D eigenvalue weighted by Crippen LogP contribution is 2.11. The van der Waals surface area contributed by atoms with Crippen LogP contribution in [0.1, 0.15) is 26.4 Å². The maximum absolute atomic E-state index is 11.3. The lowest BCUT2D eigenvalue weighted by Gasteiger charge is -2.05. The summed E-state index contributed by atoms with van der Waals surface area (Å²) in [6.45, 7) is 0.247. The van der Waals surface area contributed by atoms with Crippen LogP contribution in [0.3, 0.4) is 0 Å². The molecule has 0 aliphatic rings. The Morgan fingerprint density at radius 2 is 2.12 bits per heavy atom. The van der Waals surface area contributed by atoms with Gasteiger partial charge in [-0.2, -0.15) is 0 Å². The zero-order valence-corrected chi connectivity index (χ0v) is 8.89.